The lowest BCUT2D eigenvalue weighted by Gasteiger charge is -2.05. The summed E-state index contributed by atoms with van der Waals surface area (Å²) in [7, 11) is 0. The molecule has 8 heteroatoms. The summed E-state index contributed by atoms with van der Waals surface area (Å²) in [5, 5.41) is 2.00. The van der Waals surface area contributed by atoms with E-state index in [9.17, 15) is 14.0 Å². The smallest absolute Gasteiger partial charge is 0.272 e. The molecule has 0 radical (unpaired) electrons. The van der Waals surface area contributed by atoms with Crippen LogP contribution in [-0.4, -0.2) is 17.6 Å². The summed E-state index contributed by atoms with van der Waals surface area (Å²) in [5.41, 5.74) is 5.67. The van der Waals surface area contributed by atoms with Gasteiger partial charge in [-0.1, -0.05) is 18.2 Å². The van der Waals surface area contributed by atoms with Crippen molar-refractivity contribution in [1.29, 1.82) is 0 Å². The van der Waals surface area contributed by atoms with Crippen molar-refractivity contribution in [2.24, 2.45) is 0 Å². The Morgan fingerprint density at radius 2 is 1.85 bits per heavy atom. The van der Waals surface area contributed by atoms with Gasteiger partial charge >= 0.3 is 0 Å². The zero-order chi connectivity index (χ0) is 18.4. The molecule has 2 N–H and O–H groups in total. The molecular formula is C18H15FN2O2S3. The van der Waals surface area contributed by atoms with E-state index in [1.165, 1.54) is 40.1 Å². The van der Waals surface area contributed by atoms with Gasteiger partial charge in [0.2, 0.25) is 5.91 Å². The Labute approximate surface area is 162 Å². The number of rotatable bonds is 6. The standard InChI is InChI=1S/C18H15FN2O2S3/c19-13-5-3-12(4-6-13)15-7-8-16(26-15)18(23)21-20-17(22)11-24-10-14-2-1-9-25-14/h1-9H,10-11H2,(H,20,22)(H,21,23). The molecule has 0 spiro atoms. The molecule has 2 amide bonds. The van der Waals surface area contributed by atoms with Gasteiger partial charge in [0.15, 0.2) is 0 Å². The maximum absolute atomic E-state index is 13.0. The maximum atomic E-state index is 13.0. The Balaban J connectivity index is 1.46. The van der Waals surface area contributed by atoms with E-state index in [4.69, 9.17) is 0 Å². The summed E-state index contributed by atoms with van der Waals surface area (Å²) in [5.74, 6) is 0.104. The molecular weight excluding hydrogens is 391 g/mol. The molecule has 0 saturated carbocycles. The molecule has 0 saturated heterocycles. The van der Waals surface area contributed by atoms with E-state index in [1.54, 1.807) is 35.6 Å². The molecule has 4 nitrogen and oxygen atoms in total. The second kappa shape index (κ2) is 8.98. The predicted octanol–water partition coefficient (Wildman–Crippen LogP) is 4.31. The molecule has 0 atom stereocenters. The lowest BCUT2D eigenvalue weighted by Crippen LogP contribution is -2.42. The van der Waals surface area contributed by atoms with Crippen LogP contribution in [0.2, 0.25) is 0 Å². The number of thiophene rings is 2. The molecule has 0 fully saturated rings. The first-order chi connectivity index (χ1) is 12.6. The summed E-state index contributed by atoms with van der Waals surface area (Å²) in [6, 6.07) is 13.5. The zero-order valence-electron chi connectivity index (χ0n) is 13.5. The van der Waals surface area contributed by atoms with E-state index in [0.717, 1.165) is 16.2 Å². The van der Waals surface area contributed by atoms with Crippen molar-refractivity contribution in [3.8, 4) is 10.4 Å². The second-order valence-electron chi connectivity index (χ2n) is 5.25. The third-order valence-corrected chi connectivity index (χ3v) is 6.51. The number of nitrogens with one attached hydrogen (secondary N) is 2. The van der Waals surface area contributed by atoms with Gasteiger partial charge in [-0.2, -0.15) is 0 Å². The highest BCUT2D eigenvalue weighted by Gasteiger charge is 2.11. The van der Waals surface area contributed by atoms with Crippen LogP contribution >= 0.6 is 34.4 Å². The van der Waals surface area contributed by atoms with Crippen LogP contribution in [0.5, 0.6) is 0 Å². The first-order valence-corrected chi connectivity index (χ1v) is 10.5. The van der Waals surface area contributed by atoms with Crippen LogP contribution < -0.4 is 10.9 Å². The number of benzene rings is 1. The Morgan fingerprint density at radius 3 is 2.58 bits per heavy atom. The van der Waals surface area contributed by atoms with Crippen LogP contribution in [0.15, 0.2) is 53.9 Å². The van der Waals surface area contributed by atoms with Crippen LogP contribution in [0, 0.1) is 5.82 Å². The molecule has 0 bridgehead atoms. The molecule has 2 heterocycles. The molecule has 2 aromatic heterocycles. The summed E-state index contributed by atoms with van der Waals surface area (Å²) in [6.45, 7) is 0. The van der Waals surface area contributed by atoms with Gasteiger partial charge < -0.3 is 0 Å². The molecule has 0 unspecified atom stereocenters. The molecule has 1 aromatic carbocycles. The highest BCUT2D eigenvalue weighted by Crippen LogP contribution is 2.28. The third-order valence-electron chi connectivity index (χ3n) is 3.33. The highest BCUT2D eigenvalue weighted by molar-refractivity contribution is 7.99. The lowest BCUT2D eigenvalue weighted by atomic mass is 10.2. The lowest BCUT2D eigenvalue weighted by molar-refractivity contribution is -0.119. The largest absolute Gasteiger partial charge is 0.279 e. The number of carbonyl (C=O) groups is 2. The van der Waals surface area contributed by atoms with Gasteiger partial charge in [0, 0.05) is 15.5 Å². The number of hydrogen-bond donors (Lipinski definition) is 2. The van der Waals surface area contributed by atoms with Gasteiger partial charge in [-0.25, -0.2) is 4.39 Å². The Bertz CT molecular complexity index is 876. The molecule has 3 rings (SSSR count). The van der Waals surface area contributed by atoms with Crippen molar-refractivity contribution >= 4 is 46.2 Å². The Kier molecular flexibility index (Phi) is 6.43. The van der Waals surface area contributed by atoms with Gasteiger partial charge in [-0.3, -0.25) is 20.4 Å². The minimum atomic E-state index is -0.375. The van der Waals surface area contributed by atoms with Gasteiger partial charge in [0.25, 0.3) is 5.91 Å². The predicted molar refractivity (Wildman–Crippen MR) is 106 cm³/mol. The van der Waals surface area contributed by atoms with Crippen molar-refractivity contribution in [2.45, 2.75) is 5.75 Å². The molecule has 26 heavy (non-hydrogen) atoms. The quantitative estimate of drug-likeness (QED) is 0.600. The molecule has 0 aliphatic carbocycles. The van der Waals surface area contributed by atoms with Crippen LogP contribution in [0.25, 0.3) is 10.4 Å². The van der Waals surface area contributed by atoms with E-state index >= 15 is 0 Å². The van der Waals surface area contributed by atoms with E-state index in [0.29, 0.717) is 4.88 Å². The summed E-state index contributed by atoms with van der Waals surface area (Å²) in [4.78, 5) is 26.4. The maximum Gasteiger partial charge on any atom is 0.279 e. The van der Waals surface area contributed by atoms with Crippen LogP contribution in [0.4, 0.5) is 4.39 Å². The minimum Gasteiger partial charge on any atom is -0.272 e. The third kappa shape index (κ3) is 5.17. The zero-order valence-corrected chi connectivity index (χ0v) is 16.0. The average Bonchev–Trinajstić information content (AvgIpc) is 3.32. The number of hydrogen-bond acceptors (Lipinski definition) is 5. The number of carbonyl (C=O) groups excluding carboxylic acids is 2. The van der Waals surface area contributed by atoms with Gasteiger partial charge in [-0.05, 0) is 41.3 Å². The summed E-state index contributed by atoms with van der Waals surface area (Å²) >= 11 is 4.42. The molecule has 0 aliphatic heterocycles. The fraction of sp³-hybridized carbons (Fsp3) is 0.111. The highest BCUT2D eigenvalue weighted by atomic mass is 32.2. The molecule has 3 aromatic rings. The topological polar surface area (TPSA) is 58.2 Å². The average molecular weight is 407 g/mol. The number of hydrazine groups is 1. The monoisotopic (exact) mass is 406 g/mol. The minimum absolute atomic E-state index is 0.254. The number of amides is 2. The normalized spacial score (nSPS) is 10.5. The van der Waals surface area contributed by atoms with E-state index in [-0.39, 0.29) is 23.4 Å². The fourth-order valence-electron chi connectivity index (χ4n) is 2.09. The van der Waals surface area contributed by atoms with E-state index < -0.39 is 0 Å². The number of halogens is 1. The van der Waals surface area contributed by atoms with E-state index in [2.05, 4.69) is 10.9 Å². The molecule has 134 valence electrons. The van der Waals surface area contributed by atoms with Crippen LogP contribution in [0.1, 0.15) is 14.5 Å². The summed E-state index contributed by atoms with van der Waals surface area (Å²) in [6.07, 6.45) is 0. The summed E-state index contributed by atoms with van der Waals surface area (Å²) < 4.78 is 13.0. The second-order valence-corrected chi connectivity index (χ2v) is 8.35. The first-order valence-electron chi connectivity index (χ1n) is 7.67. The molecule has 0 aliphatic rings. The number of thioether (sulfide) groups is 1. The van der Waals surface area contributed by atoms with Gasteiger partial charge in [0.05, 0.1) is 10.6 Å². The van der Waals surface area contributed by atoms with Crippen LogP contribution in [0.3, 0.4) is 0 Å². The van der Waals surface area contributed by atoms with Crippen molar-refractivity contribution < 1.29 is 14.0 Å². The Morgan fingerprint density at radius 1 is 1.04 bits per heavy atom. The van der Waals surface area contributed by atoms with Crippen LogP contribution in [-0.2, 0) is 10.5 Å². The van der Waals surface area contributed by atoms with Gasteiger partial charge in [-0.15, -0.1) is 34.4 Å². The SMILES string of the molecule is O=C(CSCc1cccs1)NNC(=O)c1ccc(-c2ccc(F)cc2)s1. The fourth-order valence-corrected chi connectivity index (χ4v) is 4.67. The first kappa shape index (κ1) is 18.6. The van der Waals surface area contributed by atoms with E-state index in [1.807, 2.05) is 17.5 Å². The van der Waals surface area contributed by atoms with Crippen molar-refractivity contribution in [3.63, 3.8) is 0 Å². The van der Waals surface area contributed by atoms with Crippen molar-refractivity contribution in [2.75, 3.05) is 5.75 Å². The van der Waals surface area contributed by atoms with Crippen molar-refractivity contribution in [1.82, 2.24) is 10.9 Å². The Hall–Kier alpha value is -2.16. The van der Waals surface area contributed by atoms with Crippen molar-refractivity contribution in [3.05, 3.63) is 69.5 Å². The van der Waals surface area contributed by atoms with Gasteiger partial charge in [0.1, 0.15) is 5.82 Å².